The Labute approximate surface area is 149 Å². The number of fused-ring (bicyclic) bond motifs is 1. The number of aromatic nitrogens is 2. The van der Waals surface area contributed by atoms with Crippen LogP contribution in [0.1, 0.15) is 12.5 Å². The van der Waals surface area contributed by atoms with E-state index in [9.17, 15) is 9.90 Å². The molecule has 2 heterocycles. The lowest BCUT2D eigenvalue weighted by Crippen LogP contribution is -1.99. The summed E-state index contributed by atoms with van der Waals surface area (Å²) in [5.41, 5.74) is 0.631. The minimum atomic E-state index is -0.464. The van der Waals surface area contributed by atoms with Gasteiger partial charge in [-0.15, -0.1) is 10.2 Å². The van der Waals surface area contributed by atoms with Gasteiger partial charge in [-0.05, 0) is 17.4 Å². The predicted molar refractivity (Wildman–Crippen MR) is 95.0 cm³/mol. The molecule has 0 unspecified atom stereocenters. The van der Waals surface area contributed by atoms with Crippen LogP contribution >= 0.6 is 46.5 Å². The molecule has 5 nitrogen and oxygen atoms in total. The third-order valence-electron chi connectivity index (χ3n) is 2.90. The van der Waals surface area contributed by atoms with Crippen LogP contribution in [0.25, 0.3) is 11.0 Å². The topological polar surface area (TPSA) is 76.2 Å². The number of nitrogens with zero attached hydrogens (tertiary/aromatic N) is 2. The SMILES string of the molecule is CCSc1nnc(SCc2cc(=O)oc3cc(O)c(Cl)cc23)s1. The summed E-state index contributed by atoms with van der Waals surface area (Å²) >= 11 is 10.6. The summed E-state index contributed by atoms with van der Waals surface area (Å²) in [7, 11) is 0. The van der Waals surface area contributed by atoms with Gasteiger partial charge in [-0.1, -0.05) is 53.4 Å². The van der Waals surface area contributed by atoms with E-state index in [1.165, 1.54) is 35.2 Å². The molecule has 0 bridgehead atoms. The lowest BCUT2D eigenvalue weighted by atomic mass is 10.1. The normalized spacial score (nSPS) is 11.2. The summed E-state index contributed by atoms with van der Waals surface area (Å²) < 4.78 is 6.89. The lowest BCUT2D eigenvalue weighted by molar-refractivity contribution is 0.473. The van der Waals surface area contributed by atoms with Gasteiger partial charge in [0.25, 0.3) is 0 Å². The molecule has 0 saturated carbocycles. The molecule has 120 valence electrons. The number of hydrogen-bond donors (Lipinski definition) is 1. The van der Waals surface area contributed by atoms with Gasteiger partial charge in [-0.2, -0.15) is 0 Å². The van der Waals surface area contributed by atoms with Crippen LogP contribution in [0.5, 0.6) is 5.75 Å². The zero-order chi connectivity index (χ0) is 16.4. The summed E-state index contributed by atoms with van der Waals surface area (Å²) in [6.07, 6.45) is 0. The maximum absolute atomic E-state index is 11.7. The van der Waals surface area contributed by atoms with Crippen molar-refractivity contribution >= 4 is 57.4 Å². The Morgan fingerprint density at radius 2 is 2.00 bits per heavy atom. The molecule has 9 heteroatoms. The van der Waals surface area contributed by atoms with Crippen molar-refractivity contribution < 1.29 is 9.52 Å². The largest absolute Gasteiger partial charge is 0.506 e. The Bertz CT molecular complexity index is 910. The van der Waals surface area contributed by atoms with Crippen molar-refractivity contribution in [2.24, 2.45) is 0 Å². The molecule has 0 spiro atoms. The predicted octanol–water partition coefficient (Wildman–Crippen LogP) is 4.41. The zero-order valence-corrected chi connectivity index (χ0v) is 15.1. The minimum absolute atomic E-state index is 0.113. The highest BCUT2D eigenvalue weighted by Crippen LogP contribution is 2.34. The number of phenolic OH excluding ortho intramolecular Hbond substituents is 1. The average molecular weight is 387 g/mol. The van der Waals surface area contributed by atoms with Gasteiger partial charge in [0.05, 0.1) is 5.02 Å². The molecule has 0 radical (unpaired) electrons. The number of aromatic hydroxyl groups is 1. The molecule has 0 saturated heterocycles. The molecule has 3 rings (SSSR count). The monoisotopic (exact) mass is 386 g/mol. The highest BCUT2D eigenvalue weighted by Gasteiger charge is 2.11. The molecule has 0 amide bonds. The Kier molecular flexibility index (Phi) is 5.15. The van der Waals surface area contributed by atoms with E-state index in [-0.39, 0.29) is 10.8 Å². The first-order chi connectivity index (χ1) is 11.1. The van der Waals surface area contributed by atoms with Gasteiger partial charge < -0.3 is 9.52 Å². The quantitative estimate of drug-likeness (QED) is 0.514. The molecule has 0 aliphatic carbocycles. The van der Waals surface area contributed by atoms with Gasteiger partial charge in [0.2, 0.25) is 0 Å². The molecule has 0 aliphatic heterocycles. The first-order valence-corrected chi connectivity index (χ1v) is 9.77. The molecule has 2 aromatic heterocycles. The second-order valence-corrected chi connectivity index (χ2v) is 8.56. The smallest absolute Gasteiger partial charge is 0.336 e. The lowest BCUT2D eigenvalue weighted by Gasteiger charge is -2.05. The number of benzene rings is 1. The summed E-state index contributed by atoms with van der Waals surface area (Å²) in [6.45, 7) is 2.06. The van der Waals surface area contributed by atoms with Crippen LogP contribution in [0.4, 0.5) is 0 Å². The van der Waals surface area contributed by atoms with Crippen molar-refractivity contribution in [3.63, 3.8) is 0 Å². The summed E-state index contributed by atoms with van der Waals surface area (Å²) in [6, 6.07) is 4.39. The maximum Gasteiger partial charge on any atom is 0.336 e. The Morgan fingerprint density at radius 3 is 2.74 bits per heavy atom. The third-order valence-corrected chi connectivity index (χ3v) is 6.33. The number of hydrogen-bond acceptors (Lipinski definition) is 8. The standard InChI is InChI=1S/C14H11ClN2O3S3/c1-2-21-13-16-17-14(23-13)22-6-7-3-12(19)20-11-5-10(18)9(15)4-8(7)11/h3-5,18H,2,6H2,1H3. The molecule has 3 aromatic rings. The van der Waals surface area contributed by atoms with Crippen LogP contribution in [0.2, 0.25) is 5.02 Å². The average Bonchev–Trinajstić information content (AvgIpc) is 2.95. The molecular weight excluding hydrogens is 376 g/mol. The van der Waals surface area contributed by atoms with Crippen molar-refractivity contribution in [3.8, 4) is 5.75 Å². The molecule has 0 atom stereocenters. The summed E-state index contributed by atoms with van der Waals surface area (Å²) in [5.74, 6) is 1.37. The van der Waals surface area contributed by atoms with Crippen molar-refractivity contribution in [2.45, 2.75) is 21.4 Å². The van der Waals surface area contributed by atoms with Crippen LogP contribution in [-0.2, 0) is 5.75 Å². The van der Waals surface area contributed by atoms with Crippen molar-refractivity contribution in [1.29, 1.82) is 0 Å². The number of thioether (sulfide) groups is 2. The Balaban J connectivity index is 1.89. The summed E-state index contributed by atoms with van der Waals surface area (Å²) in [4.78, 5) is 11.7. The van der Waals surface area contributed by atoms with E-state index < -0.39 is 5.63 Å². The van der Waals surface area contributed by atoms with Gasteiger partial charge >= 0.3 is 5.63 Å². The van der Waals surface area contributed by atoms with Crippen LogP contribution in [-0.4, -0.2) is 21.1 Å². The number of halogens is 1. The molecule has 1 aromatic carbocycles. The van der Waals surface area contributed by atoms with Crippen LogP contribution in [0.3, 0.4) is 0 Å². The van der Waals surface area contributed by atoms with Crippen LogP contribution < -0.4 is 5.63 Å². The minimum Gasteiger partial charge on any atom is -0.506 e. The van der Waals surface area contributed by atoms with Crippen molar-refractivity contribution in [1.82, 2.24) is 10.2 Å². The van der Waals surface area contributed by atoms with E-state index in [1.54, 1.807) is 17.8 Å². The van der Waals surface area contributed by atoms with Gasteiger partial charge in [-0.3, -0.25) is 0 Å². The highest BCUT2D eigenvalue weighted by molar-refractivity contribution is 8.02. The number of rotatable bonds is 5. The van der Waals surface area contributed by atoms with Gasteiger partial charge in [-0.25, -0.2) is 4.79 Å². The van der Waals surface area contributed by atoms with E-state index in [0.717, 1.165) is 20.0 Å². The van der Waals surface area contributed by atoms with Crippen LogP contribution in [0.15, 0.2) is 36.1 Å². The first-order valence-electron chi connectivity index (χ1n) is 6.61. The molecular formula is C14H11ClN2O3S3. The molecule has 23 heavy (non-hydrogen) atoms. The van der Waals surface area contributed by atoms with E-state index in [0.29, 0.717) is 16.7 Å². The maximum atomic E-state index is 11.7. The number of phenols is 1. The molecule has 0 aliphatic rings. The van der Waals surface area contributed by atoms with E-state index in [1.807, 2.05) is 0 Å². The van der Waals surface area contributed by atoms with Crippen LogP contribution in [0, 0.1) is 0 Å². The summed E-state index contributed by atoms with van der Waals surface area (Å²) in [5, 5.41) is 18.8. The zero-order valence-electron chi connectivity index (χ0n) is 11.9. The second kappa shape index (κ2) is 7.12. The van der Waals surface area contributed by atoms with Gasteiger partial charge in [0.1, 0.15) is 11.3 Å². The molecule has 1 N–H and O–H groups in total. The Morgan fingerprint density at radius 1 is 1.26 bits per heavy atom. The van der Waals surface area contributed by atoms with Gasteiger partial charge in [0.15, 0.2) is 8.68 Å². The fourth-order valence-corrected chi connectivity index (χ4v) is 5.00. The first kappa shape index (κ1) is 16.6. The third kappa shape index (κ3) is 3.82. The van der Waals surface area contributed by atoms with E-state index in [4.69, 9.17) is 16.0 Å². The van der Waals surface area contributed by atoms with E-state index in [2.05, 4.69) is 17.1 Å². The van der Waals surface area contributed by atoms with Crippen molar-refractivity contribution in [2.75, 3.05) is 5.75 Å². The highest BCUT2D eigenvalue weighted by atomic mass is 35.5. The second-order valence-electron chi connectivity index (χ2n) is 4.45. The molecule has 0 fully saturated rings. The van der Waals surface area contributed by atoms with E-state index >= 15 is 0 Å². The van der Waals surface area contributed by atoms with Gasteiger partial charge in [0, 0.05) is 23.3 Å². The fourth-order valence-electron chi connectivity index (χ4n) is 1.93. The van der Waals surface area contributed by atoms with Crippen molar-refractivity contribution in [3.05, 3.63) is 39.2 Å². The Hall–Kier alpha value is -1.22. The fraction of sp³-hybridized carbons (Fsp3) is 0.214.